The summed E-state index contributed by atoms with van der Waals surface area (Å²) >= 11 is 0. The van der Waals surface area contributed by atoms with Crippen LogP contribution in [0.5, 0.6) is 0 Å². The van der Waals surface area contributed by atoms with E-state index in [2.05, 4.69) is 0 Å². The number of nitrogens with zero attached hydrogens (tertiary/aromatic N) is 3. The number of carbonyl (C=O) groups is 1. The predicted molar refractivity (Wildman–Crippen MR) is 93.0 cm³/mol. The Morgan fingerprint density at radius 2 is 1.92 bits per heavy atom. The summed E-state index contributed by atoms with van der Waals surface area (Å²) in [5.74, 6) is -1.02. The number of anilines is 1. The molecule has 0 spiro atoms. The molecule has 25 heavy (non-hydrogen) atoms. The van der Waals surface area contributed by atoms with E-state index in [0.717, 1.165) is 9.13 Å². The van der Waals surface area contributed by atoms with Crippen LogP contribution in [0.25, 0.3) is 0 Å². The molecule has 0 aliphatic heterocycles. The molecule has 0 aliphatic carbocycles. The van der Waals surface area contributed by atoms with E-state index in [4.69, 9.17) is 5.73 Å². The van der Waals surface area contributed by atoms with Crippen molar-refractivity contribution in [1.29, 1.82) is 0 Å². The van der Waals surface area contributed by atoms with Crippen molar-refractivity contribution in [2.75, 3.05) is 12.8 Å². The zero-order valence-electron chi connectivity index (χ0n) is 14.6. The highest BCUT2D eigenvalue weighted by Gasteiger charge is 2.27. The maximum atomic E-state index is 13.3. The highest BCUT2D eigenvalue weighted by molar-refractivity contribution is 6.03. The Morgan fingerprint density at radius 3 is 2.52 bits per heavy atom. The van der Waals surface area contributed by atoms with Gasteiger partial charge in [-0.25, -0.2) is 9.18 Å². The molecule has 2 aromatic rings. The van der Waals surface area contributed by atoms with E-state index in [-0.39, 0.29) is 17.2 Å². The standard InChI is InChI=1S/C17H21FN4O3/c1-10(20(2)9-11-6-5-7-12(18)8-11)14(23)13-15(19)21(3)17(25)22(4)16(13)24/h5-8,10H,9,19H2,1-4H3. The first-order valence-electron chi connectivity index (χ1n) is 7.69. The number of carbonyl (C=O) groups excluding carboxylic acids is 1. The Morgan fingerprint density at radius 1 is 1.28 bits per heavy atom. The van der Waals surface area contributed by atoms with Crippen LogP contribution in [0.15, 0.2) is 33.9 Å². The quantitative estimate of drug-likeness (QED) is 0.795. The first-order valence-corrected chi connectivity index (χ1v) is 7.69. The topological polar surface area (TPSA) is 90.3 Å². The molecule has 0 radical (unpaired) electrons. The van der Waals surface area contributed by atoms with Gasteiger partial charge in [0.15, 0.2) is 5.78 Å². The smallest absolute Gasteiger partial charge is 0.332 e. The van der Waals surface area contributed by atoms with Gasteiger partial charge >= 0.3 is 5.69 Å². The molecule has 8 heteroatoms. The Balaban J connectivity index is 2.34. The van der Waals surface area contributed by atoms with Gasteiger partial charge in [-0.2, -0.15) is 0 Å². The second-order valence-corrected chi connectivity index (χ2v) is 6.05. The summed E-state index contributed by atoms with van der Waals surface area (Å²) in [6, 6.07) is 5.37. The molecule has 1 heterocycles. The van der Waals surface area contributed by atoms with Gasteiger partial charge in [-0.3, -0.25) is 23.6 Å². The van der Waals surface area contributed by atoms with Crippen LogP contribution in [0, 0.1) is 5.82 Å². The van der Waals surface area contributed by atoms with Gasteiger partial charge in [-0.1, -0.05) is 12.1 Å². The van der Waals surface area contributed by atoms with Crippen LogP contribution in [0.3, 0.4) is 0 Å². The van der Waals surface area contributed by atoms with Crippen LogP contribution >= 0.6 is 0 Å². The van der Waals surface area contributed by atoms with Crippen molar-refractivity contribution in [3.8, 4) is 0 Å². The van der Waals surface area contributed by atoms with Crippen molar-refractivity contribution < 1.29 is 9.18 Å². The van der Waals surface area contributed by atoms with Crippen LogP contribution in [-0.4, -0.2) is 32.9 Å². The Hall–Kier alpha value is -2.74. The lowest BCUT2D eigenvalue weighted by Crippen LogP contribution is -2.45. The molecule has 2 rings (SSSR count). The molecule has 0 saturated carbocycles. The Labute approximate surface area is 144 Å². The van der Waals surface area contributed by atoms with Crippen molar-refractivity contribution in [1.82, 2.24) is 14.0 Å². The summed E-state index contributed by atoms with van der Waals surface area (Å²) in [5.41, 5.74) is 4.98. The van der Waals surface area contributed by atoms with E-state index >= 15 is 0 Å². The molecule has 0 fully saturated rings. The van der Waals surface area contributed by atoms with Gasteiger partial charge in [0.1, 0.15) is 17.2 Å². The molecule has 2 N–H and O–H groups in total. The average Bonchev–Trinajstić information content (AvgIpc) is 2.57. The lowest BCUT2D eigenvalue weighted by Gasteiger charge is -2.24. The molecule has 1 aromatic carbocycles. The second kappa shape index (κ2) is 7.02. The number of benzene rings is 1. The first-order chi connectivity index (χ1) is 11.6. The third-order valence-corrected chi connectivity index (χ3v) is 4.32. The van der Waals surface area contributed by atoms with E-state index in [0.29, 0.717) is 12.1 Å². The van der Waals surface area contributed by atoms with Crippen molar-refractivity contribution >= 4 is 11.6 Å². The SMILES string of the molecule is CC(C(=O)c1c(N)n(C)c(=O)n(C)c1=O)N(C)Cc1cccc(F)c1. The fraction of sp³-hybridized carbons (Fsp3) is 0.353. The summed E-state index contributed by atoms with van der Waals surface area (Å²) in [6.45, 7) is 1.95. The largest absolute Gasteiger partial charge is 0.384 e. The van der Waals surface area contributed by atoms with E-state index < -0.39 is 23.1 Å². The van der Waals surface area contributed by atoms with Crippen LogP contribution < -0.4 is 17.0 Å². The number of aromatic nitrogens is 2. The van der Waals surface area contributed by atoms with Gasteiger partial charge in [-0.15, -0.1) is 0 Å². The summed E-state index contributed by atoms with van der Waals surface area (Å²) < 4.78 is 15.2. The molecule has 0 saturated heterocycles. The third-order valence-electron chi connectivity index (χ3n) is 4.32. The molecule has 1 unspecified atom stereocenters. The van der Waals surface area contributed by atoms with Gasteiger partial charge in [-0.05, 0) is 31.7 Å². The minimum Gasteiger partial charge on any atom is -0.384 e. The molecule has 1 atom stereocenters. The number of hydrogen-bond acceptors (Lipinski definition) is 5. The van der Waals surface area contributed by atoms with Gasteiger partial charge < -0.3 is 5.73 Å². The van der Waals surface area contributed by atoms with Crippen molar-refractivity contribution in [2.45, 2.75) is 19.5 Å². The molecule has 134 valence electrons. The minimum absolute atomic E-state index is 0.163. The van der Waals surface area contributed by atoms with Gasteiger partial charge in [0.2, 0.25) is 0 Å². The van der Waals surface area contributed by atoms with Gasteiger partial charge in [0, 0.05) is 20.6 Å². The number of likely N-dealkylation sites (N-methyl/N-ethyl adjacent to an activating group) is 1. The number of ketones is 1. The number of nitrogens with two attached hydrogens (primary N) is 1. The van der Waals surface area contributed by atoms with Crippen LogP contribution in [0.1, 0.15) is 22.8 Å². The normalized spacial score (nSPS) is 12.4. The number of hydrogen-bond donors (Lipinski definition) is 1. The number of rotatable bonds is 5. The van der Waals surface area contributed by atoms with E-state index in [1.54, 1.807) is 31.0 Å². The van der Waals surface area contributed by atoms with Crippen molar-refractivity contribution in [3.05, 3.63) is 62.0 Å². The lowest BCUT2D eigenvalue weighted by molar-refractivity contribution is 0.0860. The second-order valence-electron chi connectivity index (χ2n) is 6.05. The summed E-state index contributed by atoms with van der Waals surface area (Å²) in [6.07, 6.45) is 0. The molecule has 1 aromatic heterocycles. The van der Waals surface area contributed by atoms with Crippen molar-refractivity contribution in [3.63, 3.8) is 0 Å². The highest BCUT2D eigenvalue weighted by Crippen LogP contribution is 2.13. The summed E-state index contributed by atoms with van der Waals surface area (Å²) in [4.78, 5) is 38.6. The monoisotopic (exact) mass is 348 g/mol. The molecule has 0 bridgehead atoms. The number of nitrogen functional groups attached to an aromatic ring is 1. The molecule has 0 aliphatic rings. The number of halogens is 1. The molecule has 0 amide bonds. The maximum absolute atomic E-state index is 13.3. The fourth-order valence-corrected chi connectivity index (χ4v) is 2.56. The zero-order valence-corrected chi connectivity index (χ0v) is 14.6. The van der Waals surface area contributed by atoms with Crippen LogP contribution in [0.4, 0.5) is 10.2 Å². The zero-order chi connectivity index (χ0) is 18.9. The average molecular weight is 348 g/mol. The van der Waals surface area contributed by atoms with Gasteiger partial charge in [0.25, 0.3) is 5.56 Å². The third kappa shape index (κ3) is 3.53. The fourth-order valence-electron chi connectivity index (χ4n) is 2.56. The number of Topliss-reactive ketones (excluding diaryl/α,β-unsaturated/α-hetero) is 1. The van der Waals surface area contributed by atoms with Gasteiger partial charge in [0.05, 0.1) is 6.04 Å². The maximum Gasteiger partial charge on any atom is 0.332 e. The first kappa shape index (κ1) is 18.6. The predicted octanol–water partition coefficient (Wildman–Crippen LogP) is 0.509. The Kier molecular flexibility index (Phi) is 5.22. The van der Waals surface area contributed by atoms with Crippen molar-refractivity contribution in [2.24, 2.45) is 14.1 Å². The van der Waals surface area contributed by atoms with E-state index in [1.807, 2.05) is 0 Å². The summed E-state index contributed by atoms with van der Waals surface area (Å²) in [5, 5.41) is 0. The van der Waals surface area contributed by atoms with Crippen LogP contribution in [-0.2, 0) is 20.6 Å². The lowest BCUT2D eigenvalue weighted by atomic mass is 10.1. The van der Waals surface area contributed by atoms with Crippen LogP contribution in [0.2, 0.25) is 0 Å². The molecule has 7 nitrogen and oxygen atoms in total. The molecular formula is C17H21FN4O3. The Bertz CT molecular complexity index is 932. The van der Waals surface area contributed by atoms with E-state index in [1.165, 1.54) is 26.2 Å². The minimum atomic E-state index is -0.725. The summed E-state index contributed by atoms with van der Waals surface area (Å²) in [7, 11) is 4.38. The molecular weight excluding hydrogens is 327 g/mol. The van der Waals surface area contributed by atoms with E-state index in [9.17, 15) is 18.8 Å². The highest BCUT2D eigenvalue weighted by atomic mass is 19.1.